The van der Waals surface area contributed by atoms with Crippen molar-refractivity contribution >= 4 is 18.0 Å². The Morgan fingerprint density at radius 2 is 1.54 bits per heavy atom. The molecule has 0 aromatic carbocycles. The predicted octanol–water partition coefficient (Wildman–Crippen LogP) is 6.55. The molecule has 0 radical (unpaired) electrons. The van der Waals surface area contributed by atoms with Gasteiger partial charge in [-0.3, -0.25) is 4.79 Å². The van der Waals surface area contributed by atoms with Crippen LogP contribution in [-0.2, 0) is 13.7 Å². The summed E-state index contributed by atoms with van der Waals surface area (Å²) < 4.78 is 10.7. The van der Waals surface area contributed by atoms with Gasteiger partial charge in [0.1, 0.15) is 5.60 Å². The van der Waals surface area contributed by atoms with Gasteiger partial charge in [0.05, 0.1) is 7.11 Å². The maximum Gasteiger partial charge on any atom is 0.303 e. The van der Waals surface area contributed by atoms with Crippen LogP contribution in [0.5, 0.6) is 0 Å². The van der Waals surface area contributed by atoms with Crippen molar-refractivity contribution in [3.63, 3.8) is 0 Å². The molecule has 1 aliphatic carbocycles. The van der Waals surface area contributed by atoms with Crippen LogP contribution in [0.25, 0.3) is 0 Å². The molecule has 1 aliphatic rings. The van der Waals surface area contributed by atoms with Gasteiger partial charge in [-0.25, -0.2) is 0 Å². The summed E-state index contributed by atoms with van der Waals surface area (Å²) in [5.41, 5.74) is -0.328. The number of hydrogen-bond donors (Lipinski definition) is 0. The fourth-order valence-electron chi connectivity index (χ4n) is 3.76. The molecule has 0 aliphatic heterocycles. The molecule has 4 heteroatoms. The van der Waals surface area contributed by atoms with Gasteiger partial charge in [0.25, 0.3) is 0 Å². The molecule has 3 nitrogen and oxygen atoms in total. The molecule has 1 rings (SSSR count). The van der Waals surface area contributed by atoms with Gasteiger partial charge in [0.15, 0.2) is 0 Å². The second-order valence-electron chi connectivity index (χ2n) is 7.86. The summed E-state index contributed by atoms with van der Waals surface area (Å²) in [4.78, 5) is 10.2. The zero-order valence-electron chi connectivity index (χ0n) is 17.1. The number of esters is 1. The van der Waals surface area contributed by atoms with Gasteiger partial charge < -0.3 is 8.92 Å². The molecule has 1 saturated carbocycles. The fourth-order valence-corrected chi connectivity index (χ4v) is 5.04. The second-order valence-corrected chi connectivity index (χ2v) is 9.17. The smallest absolute Gasteiger partial charge is 0.303 e. The van der Waals surface area contributed by atoms with Crippen molar-refractivity contribution in [2.45, 2.75) is 110 Å². The first-order chi connectivity index (χ1) is 11.2. The zero-order chi connectivity index (χ0) is 18.6. The van der Waals surface area contributed by atoms with E-state index in [1.54, 1.807) is 12.0 Å². The molecule has 0 bridgehead atoms. The average Bonchev–Trinajstić information content (AvgIpc) is 2.47. The van der Waals surface area contributed by atoms with E-state index in [4.69, 9.17) is 8.92 Å². The Morgan fingerprint density at radius 3 is 1.83 bits per heavy atom. The minimum atomic E-state index is -0.328. The standard InChI is InChI=1S/C14H28OS.C6H12O2/c1-4-11-14(12-5-2,16-15-3)13-9-7-6-8-10-13;1-5(7)8-6(2,3)4/h13H,4-12H2,1-3H3;1-4H3. The molecule has 0 aromatic rings. The van der Waals surface area contributed by atoms with E-state index < -0.39 is 0 Å². The first-order valence-electron chi connectivity index (χ1n) is 9.62. The van der Waals surface area contributed by atoms with Gasteiger partial charge in [-0.1, -0.05) is 46.0 Å². The van der Waals surface area contributed by atoms with E-state index in [-0.39, 0.29) is 11.6 Å². The lowest BCUT2D eigenvalue weighted by Crippen LogP contribution is -2.36. The molecule has 24 heavy (non-hydrogen) atoms. The molecule has 0 heterocycles. The lowest BCUT2D eigenvalue weighted by molar-refractivity contribution is -0.151. The Balaban J connectivity index is 0.000000561. The fraction of sp³-hybridized carbons (Fsp3) is 0.950. The molecule has 0 aromatic heterocycles. The first kappa shape index (κ1) is 23.8. The van der Waals surface area contributed by atoms with Crippen molar-refractivity contribution in [1.82, 2.24) is 0 Å². The third-order valence-electron chi connectivity index (χ3n) is 4.39. The molecule has 1 fully saturated rings. The lowest BCUT2D eigenvalue weighted by Gasteiger charge is -2.41. The van der Waals surface area contributed by atoms with Crippen LogP contribution in [0.3, 0.4) is 0 Å². The van der Waals surface area contributed by atoms with Crippen LogP contribution in [0, 0.1) is 5.92 Å². The van der Waals surface area contributed by atoms with E-state index in [2.05, 4.69) is 13.8 Å². The van der Waals surface area contributed by atoms with E-state index in [0.29, 0.717) is 4.75 Å². The van der Waals surface area contributed by atoms with Gasteiger partial charge in [-0.15, -0.1) is 0 Å². The van der Waals surface area contributed by atoms with Crippen LogP contribution < -0.4 is 0 Å². The summed E-state index contributed by atoms with van der Waals surface area (Å²) in [5.74, 6) is 0.670. The second kappa shape index (κ2) is 12.2. The average molecular weight is 361 g/mol. The highest BCUT2D eigenvalue weighted by molar-refractivity contribution is 7.96. The maximum absolute atomic E-state index is 10.2. The SMILES string of the molecule is CC(=O)OC(C)(C)C.CCCC(CCC)(SOC)C1CCCCC1. The summed E-state index contributed by atoms with van der Waals surface area (Å²) in [7, 11) is 1.84. The van der Waals surface area contributed by atoms with Gasteiger partial charge in [0.2, 0.25) is 0 Å². The molecule has 0 atom stereocenters. The summed E-state index contributed by atoms with van der Waals surface area (Å²) in [6.07, 6.45) is 12.4. The third-order valence-corrected chi connectivity index (χ3v) is 5.63. The summed E-state index contributed by atoms with van der Waals surface area (Å²) in [5, 5.41) is 0. The van der Waals surface area contributed by atoms with E-state index in [1.165, 1.54) is 64.7 Å². The molecule has 0 amide bonds. The molecule has 0 spiro atoms. The van der Waals surface area contributed by atoms with Crippen LogP contribution in [0.1, 0.15) is 99.3 Å². The summed E-state index contributed by atoms with van der Waals surface area (Å²) in [6.45, 7) is 11.6. The van der Waals surface area contributed by atoms with E-state index >= 15 is 0 Å². The van der Waals surface area contributed by atoms with E-state index in [9.17, 15) is 4.79 Å². The van der Waals surface area contributed by atoms with Gasteiger partial charge in [-0.2, -0.15) is 0 Å². The number of hydrogen-bond acceptors (Lipinski definition) is 4. The van der Waals surface area contributed by atoms with Gasteiger partial charge in [0, 0.05) is 11.7 Å². The molecular weight excluding hydrogens is 320 g/mol. The van der Waals surface area contributed by atoms with E-state index in [0.717, 1.165) is 5.92 Å². The van der Waals surface area contributed by atoms with Crippen LogP contribution in [-0.4, -0.2) is 23.4 Å². The highest BCUT2D eigenvalue weighted by atomic mass is 32.2. The normalized spacial score (nSPS) is 16.3. The van der Waals surface area contributed by atoms with Crippen molar-refractivity contribution in [3.05, 3.63) is 0 Å². The highest BCUT2D eigenvalue weighted by Gasteiger charge is 2.39. The Morgan fingerprint density at radius 1 is 1.04 bits per heavy atom. The van der Waals surface area contributed by atoms with Crippen LogP contribution in [0.15, 0.2) is 0 Å². The number of rotatable bonds is 7. The van der Waals surface area contributed by atoms with Crippen molar-refractivity contribution in [2.24, 2.45) is 5.92 Å². The van der Waals surface area contributed by atoms with E-state index in [1.807, 2.05) is 27.9 Å². The first-order valence-corrected chi connectivity index (χ1v) is 10.4. The van der Waals surface area contributed by atoms with Crippen molar-refractivity contribution in [2.75, 3.05) is 7.11 Å². The van der Waals surface area contributed by atoms with Gasteiger partial charge >= 0.3 is 5.97 Å². The topological polar surface area (TPSA) is 35.5 Å². The highest BCUT2D eigenvalue weighted by Crippen LogP contribution is 2.47. The monoisotopic (exact) mass is 360 g/mol. The van der Waals surface area contributed by atoms with Crippen molar-refractivity contribution < 1.29 is 13.7 Å². The predicted molar refractivity (Wildman–Crippen MR) is 105 cm³/mol. The number of carbonyl (C=O) groups is 1. The molecule has 144 valence electrons. The third kappa shape index (κ3) is 9.93. The Labute approximate surface area is 154 Å². The zero-order valence-corrected chi connectivity index (χ0v) is 17.9. The van der Waals surface area contributed by atoms with Crippen molar-refractivity contribution in [3.8, 4) is 0 Å². The Hall–Kier alpha value is -0.220. The Bertz CT molecular complexity index is 313. The minimum Gasteiger partial charge on any atom is -0.460 e. The lowest BCUT2D eigenvalue weighted by atomic mass is 9.75. The Kier molecular flexibility index (Phi) is 12.1. The number of carbonyl (C=O) groups excluding carboxylic acids is 1. The summed E-state index contributed by atoms with van der Waals surface area (Å²) >= 11 is 1.78. The number of ether oxygens (including phenoxy) is 1. The summed E-state index contributed by atoms with van der Waals surface area (Å²) in [6, 6.07) is 0. The van der Waals surface area contributed by atoms with Crippen LogP contribution in [0.4, 0.5) is 0 Å². The molecular formula is C20H40O3S. The van der Waals surface area contributed by atoms with Crippen LogP contribution >= 0.6 is 12.0 Å². The van der Waals surface area contributed by atoms with Gasteiger partial charge in [-0.05, 0) is 64.4 Å². The quantitative estimate of drug-likeness (QED) is 0.381. The minimum absolute atomic E-state index is 0.225. The largest absolute Gasteiger partial charge is 0.460 e. The van der Waals surface area contributed by atoms with Crippen molar-refractivity contribution in [1.29, 1.82) is 0 Å². The molecule has 0 saturated heterocycles. The molecule has 0 N–H and O–H groups in total. The molecule has 0 unspecified atom stereocenters. The van der Waals surface area contributed by atoms with Crippen LogP contribution in [0.2, 0.25) is 0 Å². The maximum atomic E-state index is 10.2.